The molecule has 0 spiro atoms. The van der Waals surface area contributed by atoms with Gasteiger partial charge in [-0.25, -0.2) is 4.79 Å². The lowest BCUT2D eigenvalue weighted by Gasteiger charge is -2.29. The number of carbonyl (C=O) groups excluding carboxylic acids is 5. The van der Waals surface area contributed by atoms with Gasteiger partial charge in [-0.1, -0.05) is 67.5 Å². The van der Waals surface area contributed by atoms with Gasteiger partial charge in [0, 0.05) is 18.3 Å². The van der Waals surface area contributed by atoms with E-state index in [0.717, 1.165) is 5.56 Å². The summed E-state index contributed by atoms with van der Waals surface area (Å²) in [5.41, 5.74) is 9.82. The molecule has 48 heavy (non-hydrogen) atoms. The topological polar surface area (TPSA) is 235 Å². The van der Waals surface area contributed by atoms with Crippen molar-refractivity contribution in [3.63, 3.8) is 0 Å². The number of esters is 1. The summed E-state index contributed by atoms with van der Waals surface area (Å²) < 4.78 is 6.28. The molecule has 1 unspecified atom stereocenters. The zero-order chi connectivity index (χ0) is 35.0. The third kappa shape index (κ3) is 7.58. The maximum absolute atomic E-state index is 13.6. The van der Waals surface area contributed by atoms with Crippen LogP contribution in [0.15, 0.2) is 59.7 Å². The van der Waals surface area contributed by atoms with Gasteiger partial charge in [-0.05, 0) is 52.4 Å². The summed E-state index contributed by atoms with van der Waals surface area (Å²) in [5, 5.41) is 26.2. The number of azide groups is 1. The van der Waals surface area contributed by atoms with Crippen LogP contribution in [0, 0.1) is 5.92 Å². The summed E-state index contributed by atoms with van der Waals surface area (Å²) >= 11 is 0. The molecular weight excluding hydrogens is 622 g/mol. The molecule has 1 aliphatic rings. The maximum atomic E-state index is 13.6. The predicted molar refractivity (Wildman–Crippen MR) is 170 cm³/mol. The fourth-order valence-electron chi connectivity index (χ4n) is 5.54. The zero-order valence-corrected chi connectivity index (χ0v) is 27.1. The molecule has 4 rings (SSSR count). The molecule has 0 fully saturated rings. The third-order valence-corrected chi connectivity index (χ3v) is 7.91. The zero-order valence-electron chi connectivity index (χ0n) is 27.1. The fraction of sp³-hybridized carbons (Fsp3) is 0.419. The van der Waals surface area contributed by atoms with E-state index in [1.165, 1.54) is 25.6 Å². The lowest BCUT2D eigenvalue weighted by molar-refractivity contribution is -0.145. The Kier molecular flexibility index (Phi) is 11.1. The number of carbonyl (C=O) groups is 5. The molecule has 0 saturated carbocycles. The summed E-state index contributed by atoms with van der Waals surface area (Å²) in [7, 11) is 1.22. The standard InChI is InChI=1S/C31H37N11O6/c1-17(2)25(28(46)35-22(29(47)48-5)15-20-11-7-6-8-12-20)36-26(44)18(3)33-27(45)23(34-19(4)43)16-31(38-39-32)21-13-9-10-14-24(21)42-30(31)37-40-41-42/h6-14,17-18,22-23,25H,15-16H2,1-5H3,(H,33,45)(H,34,43)(H,35,46)(H,36,44)/t18-,22-,23-,25-,31?/m0/s1. The molecule has 3 aromatic rings. The molecule has 1 aromatic heterocycles. The van der Waals surface area contributed by atoms with Crippen LogP contribution in [0.4, 0.5) is 0 Å². The second-order valence-corrected chi connectivity index (χ2v) is 11.7. The van der Waals surface area contributed by atoms with Gasteiger partial charge < -0.3 is 26.0 Å². The lowest BCUT2D eigenvalue weighted by Crippen LogP contribution is -2.58. The Morgan fingerprint density at radius 1 is 0.917 bits per heavy atom. The highest BCUT2D eigenvalue weighted by atomic mass is 16.5. The molecule has 4 amide bonds. The van der Waals surface area contributed by atoms with E-state index in [9.17, 15) is 29.5 Å². The van der Waals surface area contributed by atoms with Gasteiger partial charge in [0.15, 0.2) is 5.82 Å². The number of nitrogens with one attached hydrogen (secondary N) is 4. The van der Waals surface area contributed by atoms with Crippen molar-refractivity contribution in [3.8, 4) is 5.69 Å². The number of nitrogens with zero attached hydrogens (tertiary/aromatic N) is 7. The highest BCUT2D eigenvalue weighted by Crippen LogP contribution is 2.45. The van der Waals surface area contributed by atoms with Crippen LogP contribution < -0.4 is 21.3 Å². The highest BCUT2D eigenvalue weighted by molar-refractivity contribution is 5.95. The number of amides is 4. The first-order chi connectivity index (χ1) is 22.9. The second kappa shape index (κ2) is 15.2. The van der Waals surface area contributed by atoms with Crippen molar-refractivity contribution in [2.24, 2.45) is 11.0 Å². The Labute approximate surface area is 275 Å². The Morgan fingerprint density at radius 2 is 1.60 bits per heavy atom. The summed E-state index contributed by atoms with van der Waals surface area (Å²) in [5.74, 6) is -3.54. The van der Waals surface area contributed by atoms with Gasteiger partial charge in [0.25, 0.3) is 0 Å². The minimum atomic E-state index is -1.57. The molecular formula is C31H37N11O6. The van der Waals surface area contributed by atoms with Crippen LogP contribution in [-0.2, 0) is 40.7 Å². The quantitative estimate of drug-likeness (QED) is 0.0834. The van der Waals surface area contributed by atoms with Crippen LogP contribution in [0.25, 0.3) is 16.1 Å². The Morgan fingerprint density at radius 3 is 2.25 bits per heavy atom. The van der Waals surface area contributed by atoms with Gasteiger partial charge in [-0.3, -0.25) is 19.2 Å². The summed E-state index contributed by atoms with van der Waals surface area (Å²) in [4.78, 5) is 68.1. The first-order valence-corrected chi connectivity index (χ1v) is 15.2. The largest absolute Gasteiger partial charge is 0.467 e. The van der Waals surface area contributed by atoms with E-state index in [4.69, 9.17) is 4.74 Å². The van der Waals surface area contributed by atoms with Crippen molar-refractivity contribution in [1.29, 1.82) is 0 Å². The van der Waals surface area contributed by atoms with Crippen molar-refractivity contribution in [1.82, 2.24) is 41.5 Å². The van der Waals surface area contributed by atoms with Crippen LogP contribution in [0.2, 0.25) is 0 Å². The van der Waals surface area contributed by atoms with Gasteiger partial charge in [0.1, 0.15) is 29.7 Å². The molecule has 2 heterocycles. The molecule has 0 bridgehead atoms. The van der Waals surface area contributed by atoms with E-state index < -0.39 is 65.2 Å². The number of fused-ring (bicyclic) bond motifs is 3. The third-order valence-electron chi connectivity index (χ3n) is 7.91. The van der Waals surface area contributed by atoms with Crippen molar-refractivity contribution < 1.29 is 28.7 Å². The molecule has 0 aliphatic carbocycles. The first-order valence-electron chi connectivity index (χ1n) is 15.2. The van der Waals surface area contributed by atoms with E-state index in [0.29, 0.717) is 11.3 Å². The average Bonchev–Trinajstić information content (AvgIpc) is 3.64. The van der Waals surface area contributed by atoms with Crippen LogP contribution >= 0.6 is 0 Å². The Hall–Kier alpha value is -5.83. The van der Waals surface area contributed by atoms with Gasteiger partial charge in [0.2, 0.25) is 23.6 Å². The van der Waals surface area contributed by atoms with Crippen LogP contribution in [0.1, 0.15) is 51.1 Å². The fourth-order valence-corrected chi connectivity index (χ4v) is 5.54. The second-order valence-electron chi connectivity index (χ2n) is 11.7. The SMILES string of the molecule is COC(=O)[C@H](Cc1ccccc1)NC(=O)[C@@H](NC(=O)[C@H](C)NC(=O)[C@H](CC1(N=[N+]=[N-])c2ccccc2-n2nnnc21)NC(C)=O)C(C)C. The number of aromatic nitrogens is 4. The number of benzene rings is 2. The summed E-state index contributed by atoms with van der Waals surface area (Å²) in [6, 6.07) is 11.4. The molecule has 4 N–H and O–H groups in total. The lowest BCUT2D eigenvalue weighted by atomic mass is 9.84. The van der Waals surface area contributed by atoms with Crippen molar-refractivity contribution in [3.05, 3.63) is 82.0 Å². The van der Waals surface area contributed by atoms with Crippen LogP contribution in [-0.4, -0.2) is 81.1 Å². The average molecular weight is 660 g/mol. The van der Waals surface area contributed by atoms with Gasteiger partial charge in [-0.15, -0.1) is 5.10 Å². The number of hydrogen-bond donors (Lipinski definition) is 4. The molecule has 17 heteroatoms. The molecule has 5 atom stereocenters. The minimum Gasteiger partial charge on any atom is -0.467 e. The van der Waals surface area contributed by atoms with E-state index in [-0.39, 0.29) is 18.7 Å². The molecule has 1 aliphatic heterocycles. The van der Waals surface area contributed by atoms with Crippen LogP contribution in [0.5, 0.6) is 0 Å². The van der Waals surface area contributed by atoms with Crippen molar-refractivity contribution in [2.75, 3.05) is 7.11 Å². The van der Waals surface area contributed by atoms with Crippen LogP contribution in [0.3, 0.4) is 0 Å². The molecule has 17 nitrogen and oxygen atoms in total. The monoisotopic (exact) mass is 659 g/mol. The summed E-state index contributed by atoms with van der Waals surface area (Å²) in [6.07, 6.45) is -0.106. The molecule has 0 saturated heterocycles. The van der Waals surface area contributed by atoms with E-state index in [1.807, 2.05) is 18.2 Å². The van der Waals surface area contributed by atoms with E-state index in [1.54, 1.807) is 50.2 Å². The molecule has 252 valence electrons. The van der Waals surface area contributed by atoms with Crippen molar-refractivity contribution >= 4 is 29.6 Å². The minimum absolute atomic E-state index is 0.152. The highest BCUT2D eigenvalue weighted by Gasteiger charge is 2.49. The van der Waals surface area contributed by atoms with Crippen molar-refractivity contribution in [2.45, 2.75) is 70.2 Å². The Bertz CT molecular complexity index is 1720. The van der Waals surface area contributed by atoms with E-state index in [2.05, 4.69) is 46.8 Å². The summed E-state index contributed by atoms with van der Waals surface area (Å²) in [6.45, 7) is 6.06. The normalized spacial score (nSPS) is 17.0. The number of tetrazole rings is 1. The number of hydrogen-bond acceptors (Lipinski definition) is 10. The van der Waals surface area contributed by atoms with E-state index >= 15 is 0 Å². The number of para-hydroxylation sites is 1. The molecule has 0 radical (unpaired) electrons. The first kappa shape index (κ1) is 35.0. The maximum Gasteiger partial charge on any atom is 0.328 e. The van der Waals surface area contributed by atoms with Gasteiger partial charge >= 0.3 is 5.97 Å². The number of rotatable bonds is 14. The molecule has 2 aromatic carbocycles. The number of methoxy groups -OCH3 is 1. The Balaban J connectivity index is 1.49. The number of ether oxygens (including phenoxy) is 1. The smallest absolute Gasteiger partial charge is 0.328 e. The van der Waals surface area contributed by atoms with Gasteiger partial charge in [-0.2, -0.15) is 4.68 Å². The van der Waals surface area contributed by atoms with Gasteiger partial charge in [0.05, 0.1) is 12.8 Å². The predicted octanol–water partition coefficient (Wildman–Crippen LogP) is 0.970.